The molecule has 4 heteroatoms. The summed E-state index contributed by atoms with van der Waals surface area (Å²) in [6.07, 6.45) is 2.94. The molecule has 0 saturated heterocycles. The molecule has 16 heavy (non-hydrogen) atoms. The molecular formula is C12H22N2S2. The second-order valence-electron chi connectivity index (χ2n) is 4.81. The Morgan fingerprint density at radius 2 is 2.25 bits per heavy atom. The zero-order chi connectivity index (χ0) is 12.0. The van der Waals surface area contributed by atoms with Crippen molar-refractivity contribution in [2.24, 2.45) is 0 Å². The molecule has 1 rings (SSSR count). The molecule has 1 heterocycles. The Morgan fingerprint density at radius 1 is 1.50 bits per heavy atom. The van der Waals surface area contributed by atoms with E-state index in [1.807, 2.05) is 18.0 Å². The summed E-state index contributed by atoms with van der Waals surface area (Å²) in [5.41, 5.74) is 0. The van der Waals surface area contributed by atoms with E-state index in [9.17, 15) is 0 Å². The van der Waals surface area contributed by atoms with Crippen molar-refractivity contribution < 1.29 is 0 Å². The predicted octanol–water partition coefficient (Wildman–Crippen LogP) is 3.20. The Kier molecular flexibility index (Phi) is 5.79. The third-order valence-corrected chi connectivity index (χ3v) is 4.35. The van der Waals surface area contributed by atoms with Gasteiger partial charge in [0.1, 0.15) is 0 Å². The zero-order valence-electron chi connectivity index (χ0n) is 10.6. The average molecular weight is 258 g/mol. The molecule has 0 aliphatic heterocycles. The molecule has 0 aromatic carbocycles. The monoisotopic (exact) mass is 258 g/mol. The van der Waals surface area contributed by atoms with Gasteiger partial charge in [-0.1, -0.05) is 27.7 Å². The van der Waals surface area contributed by atoms with Gasteiger partial charge in [0.2, 0.25) is 0 Å². The van der Waals surface area contributed by atoms with Crippen LogP contribution >= 0.6 is 23.1 Å². The van der Waals surface area contributed by atoms with Crippen molar-refractivity contribution in [3.05, 3.63) is 16.6 Å². The fourth-order valence-corrected chi connectivity index (χ4v) is 3.03. The van der Waals surface area contributed by atoms with Gasteiger partial charge in [-0.05, 0) is 6.54 Å². The Morgan fingerprint density at radius 3 is 2.75 bits per heavy atom. The van der Waals surface area contributed by atoms with E-state index in [4.69, 9.17) is 0 Å². The predicted molar refractivity (Wildman–Crippen MR) is 75.5 cm³/mol. The van der Waals surface area contributed by atoms with Gasteiger partial charge in [-0.2, -0.15) is 11.8 Å². The minimum atomic E-state index is 0.344. The molecule has 1 atom stereocenters. The summed E-state index contributed by atoms with van der Waals surface area (Å²) < 4.78 is 0.344. The Balaban J connectivity index is 2.41. The molecule has 0 aliphatic carbocycles. The summed E-state index contributed by atoms with van der Waals surface area (Å²) in [6.45, 7) is 10.00. The first kappa shape index (κ1) is 14.0. The van der Waals surface area contributed by atoms with Crippen molar-refractivity contribution in [3.63, 3.8) is 0 Å². The summed E-state index contributed by atoms with van der Waals surface area (Å²) >= 11 is 3.77. The number of thiazole rings is 1. The van der Waals surface area contributed by atoms with Gasteiger partial charge >= 0.3 is 0 Å². The molecule has 0 radical (unpaired) electrons. The topological polar surface area (TPSA) is 24.9 Å². The molecule has 1 aromatic rings. The molecule has 1 N–H and O–H groups in total. The van der Waals surface area contributed by atoms with Crippen molar-refractivity contribution in [1.82, 2.24) is 10.3 Å². The molecule has 0 saturated carbocycles. The van der Waals surface area contributed by atoms with Crippen molar-refractivity contribution >= 4 is 23.1 Å². The van der Waals surface area contributed by atoms with Crippen LogP contribution in [0, 0.1) is 0 Å². The van der Waals surface area contributed by atoms with Gasteiger partial charge in [-0.15, -0.1) is 11.3 Å². The largest absolute Gasteiger partial charge is 0.313 e. The SMILES string of the molecule is CCNC(CSC(C)(C)C)Cc1nccs1. The van der Waals surface area contributed by atoms with Gasteiger partial charge in [-0.3, -0.25) is 0 Å². The summed E-state index contributed by atoms with van der Waals surface area (Å²) in [5, 5.41) is 6.83. The Bertz CT molecular complexity index is 278. The van der Waals surface area contributed by atoms with E-state index in [0.717, 1.165) is 18.7 Å². The van der Waals surface area contributed by atoms with Crippen LogP contribution in [0.1, 0.15) is 32.7 Å². The zero-order valence-corrected chi connectivity index (χ0v) is 12.3. The lowest BCUT2D eigenvalue weighted by atomic mass is 10.2. The summed E-state index contributed by atoms with van der Waals surface area (Å²) in [5.74, 6) is 1.15. The third-order valence-electron chi connectivity index (χ3n) is 2.11. The number of nitrogens with zero attached hydrogens (tertiary/aromatic N) is 1. The smallest absolute Gasteiger partial charge is 0.0940 e. The number of likely N-dealkylation sites (N-methyl/N-ethyl adjacent to an activating group) is 1. The van der Waals surface area contributed by atoms with Gasteiger partial charge in [0.25, 0.3) is 0 Å². The van der Waals surface area contributed by atoms with Gasteiger partial charge in [0.15, 0.2) is 0 Å². The van der Waals surface area contributed by atoms with Crippen LogP contribution in [0.25, 0.3) is 0 Å². The maximum Gasteiger partial charge on any atom is 0.0940 e. The minimum Gasteiger partial charge on any atom is -0.313 e. The van der Waals surface area contributed by atoms with Crippen LogP contribution in [0.15, 0.2) is 11.6 Å². The van der Waals surface area contributed by atoms with E-state index >= 15 is 0 Å². The molecule has 0 fully saturated rings. The number of nitrogens with one attached hydrogen (secondary N) is 1. The van der Waals surface area contributed by atoms with Crippen molar-refractivity contribution in [2.45, 2.75) is 44.9 Å². The molecule has 0 spiro atoms. The summed E-state index contributed by atoms with van der Waals surface area (Å²) in [4.78, 5) is 4.35. The maximum atomic E-state index is 4.35. The van der Waals surface area contributed by atoms with E-state index in [1.54, 1.807) is 11.3 Å². The second-order valence-corrected chi connectivity index (χ2v) is 7.63. The van der Waals surface area contributed by atoms with Crippen molar-refractivity contribution in [1.29, 1.82) is 0 Å². The quantitative estimate of drug-likeness (QED) is 0.848. The van der Waals surface area contributed by atoms with Crippen LogP contribution in [0.3, 0.4) is 0 Å². The van der Waals surface area contributed by atoms with E-state index in [1.165, 1.54) is 5.01 Å². The lowest BCUT2D eigenvalue weighted by Gasteiger charge is -2.23. The van der Waals surface area contributed by atoms with Crippen LogP contribution in [0.4, 0.5) is 0 Å². The van der Waals surface area contributed by atoms with Crippen LogP contribution in [0.2, 0.25) is 0 Å². The van der Waals surface area contributed by atoms with Crippen molar-refractivity contribution in [2.75, 3.05) is 12.3 Å². The van der Waals surface area contributed by atoms with Gasteiger partial charge < -0.3 is 5.32 Å². The van der Waals surface area contributed by atoms with Gasteiger partial charge in [0.05, 0.1) is 5.01 Å². The molecule has 2 nitrogen and oxygen atoms in total. The molecular weight excluding hydrogens is 236 g/mol. The van der Waals surface area contributed by atoms with Crippen LogP contribution in [0.5, 0.6) is 0 Å². The highest BCUT2D eigenvalue weighted by molar-refractivity contribution is 8.00. The molecule has 0 bridgehead atoms. The molecule has 92 valence electrons. The fraction of sp³-hybridized carbons (Fsp3) is 0.750. The first-order valence-corrected chi connectivity index (χ1v) is 7.63. The van der Waals surface area contributed by atoms with E-state index in [0.29, 0.717) is 10.8 Å². The van der Waals surface area contributed by atoms with E-state index < -0.39 is 0 Å². The number of aromatic nitrogens is 1. The van der Waals surface area contributed by atoms with Crippen LogP contribution < -0.4 is 5.32 Å². The normalized spacial score (nSPS) is 14.0. The second kappa shape index (κ2) is 6.62. The average Bonchev–Trinajstić information content (AvgIpc) is 2.66. The first-order valence-electron chi connectivity index (χ1n) is 5.77. The molecule has 1 aromatic heterocycles. The number of hydrogen-bond donors (Lipinski definition) is 1. The summed E-state index contributed by atoms with van der Waals surface area (Å²) in [6, 6.07) is 0.542. The van der Waals surface area contributed by atoms with Gasteiger partial charge in [0, 0.05) is 34.5 Å². The minimum absolute atomic E-state index is 0.344. The van der Waals surface area contributed by atoms with Gasteiger partial charge in [-0.25, -0.2) is 4.98 Å². The first-order chi connectivity index (χ1) is 7.51. The highest BCUT2D eigenvalue weighted by atomic mass is 32.2. The summed E-state index contributed by atoms with van der Waals surface area (Å²) in [7, 11) is 0. The maximum absolute atomic E-state index is 4.35. The fourth-order valence-electron chi connectivity index (χ4n) is 1.39. The van der Waals surface area contributed by atoms with Crippen molar-refractivity contribution in [3.8, 4) is 0 Å². The number of hydrogen-bond acceptors (Lipinski definition) is 4. The third kappa shape index (κ3) is 5.87. The highest BCUT2D eigenvalue weighted by Crippen LogP contribution is 2.24. The molecule has 1 unspecified atom stereocenters. The molecule has 0 aliphatic rings. The highest BCUT2D eigenvalue weighted by Gasteiger charge is 2.16. The standard InChI is InChI=1S/C12H22N2S2/c1-5-13-10(9-16-12(2,3)4)8-11-14-6-7-15-11/h6-7,10,13H,5,8-9H2,1-4H3. The van der Waals surface area contributed by atoms with E-state index in [-0.39, 0.29) is 0 Å². The van der Waals surface area contributed by atoms with Crippen LogP contribution in [-0.4, -0.2) is 28.1 Å². The number of thioether (sulfide) groups is 1. The van der Waals surface area contributed by atoms with E-state index in [2.05, 4.69) is 43.4 Å². The Hall–Kier alpha value is -0.0600. The van der Waals surface area contributed by atoms with Crippen LogP contribution in [-0.2, 0) is 6.42 Å². The lowest BCUT2D eigenvalue weighted by molar-refractivity contribution is 0.569. The lowest BCUT2D eigenvalue weighted by Crippen LogP contribution is -2.34. The number of rotatable bonds is 6. The molecule has 0 amide bonds. The Labute approximate surface area is 107 Å².